The molecule has 0 aliphatic rings. The molecular weight excluding hydrogens is 204 g/mol. The molecule has 14 heavy (non-hydrogen) atoms. The molecule has 0 aromatic carbocycles. The van der Waals surface area contributed by atoms with E-state index < -0.39 is 0 Å². The van der Waals surface area contributed by atoms with Crippen molar-refractivity contribution in [3.05, 3.63) is 23.2 Å². The van der Waals surface area contributed by atoms with Crippen LogP contribution in [0.4, 0.5) is 0 Å². The number of aromatic nitrogens is 6. The van der Waals surface area contributed by atoms with Crippen molar-refractivity contribution in [2.24, 2.45) is 0 Å². The van der Waals surface area contributed by atoms with Gasteiger partial charge in [0.2, 0.25) is 11.6 Å². The first-order valence-corrected chi connectivity index (χ1v) is 4.15. The largest absolute Gasteiger partial charge is 0.240 e. The molecule has 0 unspecified atom stereocenters. The summed E-state index contributed by atoms with van der Waals surface area (Å²) in [6, 6.07) is 0. The Morgan fingerprint density at radius 3 is 2.07 bits per heavy atom. The second kappa shape index (κ2) is 3.59. The Morgan fingerprint density at radius 2 is 1.50 bits per heavy atom. The highest BCUT2D eigenvalue weighted by atomic mass is 35.5. The zero-order valence-electron chi connectivity index (χ0n) is 7.22. The zero-order valence-corrected chi connectivity index (χ0v) is 7.97. The first-order valence-electron chi connectivity index (χ1n) is 3.77. The van der Waals surface area contributed by atoms with Gasteiger partial charge in [0, 0.05) is 12.4 Å². The second-order valence-corrected chi connectivity index (χ2v) is 2.93. The number of aryl methyl sites for hydroxylation is 1. The Kier molecular flexibility index (Phi) is 2.28. The fourth-order valence-corrected chi connectivity index (χ4v) is 0.894. The lowest BCUT2D eigenvalue weighted by molar-refractivity contribution is 0.807. The summed E-state index contributed by atoms with van der Waals surface area (Å²) in [5, 5.41) is 15.5. The van der Waals surface area contributed by atoms with Crippen molar-refractivity contribution in [3.8, 4) is 11.6 Å². The van der Waals surface area contributed by atoms with Gasteiger partial charge in [0.25, 0.3) is 0 Å². The molecule has 70 valence electrons. The minimum Gasteiger partial charge on any atom is -0.232 e. The first-order chi connectivity index (χ1) is 6.75. The van der Waals surface area contributed by atoms with E-state index >= 15 is 0 Å². The van der Waals surface area contributed by atoms with Crippen LogP contribution < -0.4 is 0 Å². The smallest absolute Gasteiger partial charge is 0.232 e. The Balaban J connectivity index is 2.40. The maximum atomic E-state index is 5.63. The molecule has 0 amide bonds. The van der Waals surface area contributed by atoms with Crippen molar-refractivity contribution in [2.75, 3.05) is 0 Å². The summed E-state index contributed by atoms with van der Waals surface area (Å²) in [6.07, 6.45) is 2.93. The van der Waals surface area contributed by atoms with Crippen LogP contribution in [0.1, 0.15) is 5.82 Å². The average Bonchev–Trinajstić information content (AvgIpc) is 2.21. The monoisotopic (exact) mass is 208 g/mol. The first kappa shape index (κ1) is 8.89. The van der Waals surface area contributed by atoms with E-state index in [0.29, 0.717) is 16.7 Å². The van der Waals surface area contributed by atoms with Gasteiger partial charge in [-0.15, -0.1) is 20.4 Å². The molecule has 2 aromatic heterocycles. The van der Waals surface area contributed by atoms with Crippen LogP contribution in [0.5, 0.6) is 0 Å². The zero-order chi connectivity index (χ0) is 9.97. The minimum absolute atomic E-state index is 0.285. The van der Waals surface area contributed by atoms with Crippen LogP contribution in [0.2, 0.25) is 5.02 Å². The molecule has 0 fully saturated rings. The predicted molar refractivity (Wildman–Crippen MR) is 48.4 cm³/mol. The SMILES string of the molecule is Cc1nnc(-c2ncc(Cl)cn2)nn1. The molecule has 0 saturated carbocycles. The van der Waals surface area contributed by atoms with Crippen molar-refractivity contribution in [3.63, 3.8) is 0 Å². The van der Waals surface area contributed by atoms with E-state index in [1.54, 1.807) is 6.92 Å². The highest BCUT2D eigenvalue weighted by molar-refractivity contribution is 6.30. The molecule has 2 rings (SSSR count). The summed E-state index contributed by atoms with van der Waals surface area (Å²) < 4.78 is 0. The van der Waals surface area contributed by atoms with E-state index in [-0.39, 0.29) is 5.82 Å². The highest BCUT2D eigenvalue weighted by Crippen LogP contribution is 2.08. The average molecular weight is 209 g/mol. The van der Waals surface area contributed by atoms with E-state index in [4.69, 9.17) is 11.6 Å². The van der Waals surface area contributed by atoms with Gasteiger partial charge in [-0.2, -0.15) is 0 Å². The van der Waals surface area contributed by atoms with Crippen LogP contribution in [-0.4, -0.2) is 30.4 Å². The van der Waals surface area contributed by atoms with Crippen LogP contribution in [-0.2, 0) is 0 Å². The van der Waals surface area contributed by atoms with Crippen LogP contribution >= 0.6 is 11.6 Å². The Morgan fingerprint density at radius 1 is 0.929 bits per heavy atom. The fraction of sp³-hybridized carbons (Fsp3) is 0.143. The molecule has 6 nitrogen and oxygen atoms in total. The minimum atomic E-state index is 0.285. The predicted octanol–water partition coefficient (Wildman–Crippen LogP) is 0.685. The van der Waals surface area contributed by atoms with Gasteiger partial charge < -0.3 is 0 Å². The van der Waals surface area contributed by atoms with Gasteiger partial charge in [-0.3, -0.25) is 0 Å². The highest BCUT2D eigenvalue weighted by Gasteiger charge is 2.05. The quantitative estimate of drug-likeness (QED) is 0.686. The van der Waals surface area contributed by atoms with E-state index in [9.17, 15) is 0 Å². The van der Waals surface area contributed by atoms with E-state index in [0.717, 1.165) is 0 Å². The molecule has 0 saturated heterocycles. The van der Waals surface area contributed by atoms with Crippen LogP contribution in [0.25, 0.3) is 11.6 Å². The standard InChI is InChI=1S/C7H5ClN6/c1-4-11-13-7(14-12-4)6-9-2-5(8)3-10-6/h2-3H,1H3. The van der Waals surface area contributed by atoms with Crippen LogP contribution in [0, 0.1) is 6.92 Å². The van der Waals surface area contributed by atoms with Crippen molar-refractivity contribution in [1.82, 2.24) is 30.4 Å². The summed E-state index contributed by atoms with van der Waals surface area (Å²) in [6.45, 7) is 1.70. The van der Waals surface area contributed by atoms with Crippen molar-refractivity contribution in [1.29, 1.82) is 0 Å². The Hall–Kier alpha value is -1.69. The fourth-order valence-electron chi connectivity index (χ4n) is 0.797. The van der Waals surface area contributed by atoms with Gasteiger partial charge in [0.05, 0.1) is 5.02 Å². The number of halogens is 1. The molecule has 2 heterocycles. The van der Waals surface area contributed by atoms with Gasteiger partial charge in [0.1, 0.15) is 0 Å². The lowest BCUT2D eigenvalue weighted by atomic mass is 10.5. The van der Waals surface area contributed by atoms with Gasteiger partial charge in [-0.25, -0.2) is 9.97 Å². The van der Waals surface area contributed by atoms with E-state index in [1.807, 2.05) is 0 Å². The molecule has 2 aromatic rings. The van der Waals surface area contributed by atoms with Gasteiger partial charge >= 0.3 is 0 Å². The summed E-state index contributed by atoms with van der Waals surface area (Å²) in [5.41, 5.74) is 0. The summed E-state index contributed by atoms with van der Waals surface area (Å²) in [4.78, 5) is 7.86. The van der Waals surface area contributed by atoms with Crippen molar-refractivity contribution >= 4 is 11.6 Å². The maximum Gasteiger partial charge on any atom is 0.240 e. The van der Waals surface area contributed by atoms with E-state index in [2.05, 4.69) is 30.4 Å². The Bertz CT molecular complexity index is 381. The van der Waals surface area contributed by atoms with Gasteiger partial charge in [-0.05, 0) is 6.92 Å². The molecule has 0 N–H and O–H groups in total. The molecule has 0 aliphatic carbocycles. The summed E-state index contributed by atoms with van der Waals surface area (Å²) in [5.74, 6) is 1.14. The molecule has 0 spiro atoms. The normalized spacial score (nSPS) is 10.1. The number of nitrogens with zero attached hydrogens (tertiary/aromatic N) is 6. The molecule has 0 radical (unpaired) electrons. The van der Waals surface area contributed by atoms with Crippen LogP contribution in [0.15, 0.2) is 12.4 Å². The third-order valence-corrected chi connectivity index (χ3v) is 1.59. The topological polar surface area (TPSA) is 77.3 Å². The van der Waals surface area contributed by atoms with Crippen molar-refractivity contribution in [2.45, 2.75) is 6.92 Å². The van der Waals surface area contributed by atoms with E-state index in [1.165, 1.54) is 12.4 Å². The molecule has 0 bridgehead atoms. The summed E-state index contributed by atoms with van der Waals surface area (Å²) >= 11 is 5.63. The number of hydrogen-bond donors (Lipinski definition) is 0. The summed E-state index contributed by atoms with van der Waals surface area (Å²) in [7, 11) is 0. The van der Waals surface area contributed by atoms with Crippen molar-refractivity contribution < 1.29 is 0 Å². The second-order valence-electron chi connectivity index (χ2n) is 2.50. The lowest BCUT2D eigenvalue weighted by Gasteiger charge is -1.95. The third-order valence-electron chi connectivity index (χ3n) is 1.40. The Labute approximate surface area is 84.4 Å². The molecule has 0 atom stereocenters. The van der Waals surface area contributed by atoms with Gasteiger partial charge in [0.15, 0.2) is 5.82 Å². The van der Waals surface area contributed by atoms with Gasteiger partial charge in [-0.1, -0.05) is 11.6 Å². The van der Waals surface area contributed by atoms with Crippen LogP contribution in [0.3, 0.4) is 0 Å². The molecule has 7 heteroatoms. The molecular formula is C7H5ClN6. The maximum absolute atomic E-state index is 5.63. The number of hydrogen-bond acceptors (Lipinski definition) is 6. The number of rotatable bonds is 1. The molecule has 0 aliphatic heterocycles. The third kappa shape index (κ3) is 1.80. The lowest BCUT2D eigenvalue weighted by Crippen LogP contribution is -2.01.